The normalized spacial score (nSPS) is 12.6. The van der Waals surface area contributed by atoms with Gasteiger partial charge in [-0.2, -0.15) is 10.1 Å². The molecule has 0 bridgehead atoms. The smallest absolute Gasteiger partial charge is 0.243 e. The third-order valence-electron chi connectivity index (χ3n) is 4.98. The van der Waals surface area contributed by atoms with Gasteiger partial charge in [0, 0.05) is 17.7 Å². The van der Waals surface area contributed by atoms with E-state index in [-0.39, 0.29) is 11.9 Å². The molecule has 0 fully saturated rings. The zero-order valence-corrected chi connectivity index (χ0v) is 16.8. The third-order valence-corrected chi connectivity index (χ3v) is 4.98. The molecule has 0 saturated heterocycles. The Labute approximate surface area is 165 Å². The van der Waals surface area contributed by atoms with E-state index in [4.69, 9.17) is 4.52 Å². The lowest BCUT2D eigenvalue weighted by atomic mass is 10.1. The number of nitrogens with one attached hydrogen (secondary N) is 1. The number of aromatic amines is 1. The van der Waals surface area contributed by atoms with Crippen molar-refractivity contribution in [1.82, 2.24) is 25.2 Å². The van der Waals surface area contributed by atoms with E-state index < -0.39 is 0 Å². The summed E-state index contributed by atoms with van der Waals surface area (Å²) in [7, 11) is 2.07. The van der Waals surface area contributed by atoms with Crippen molar-refractivity contribution < 1.29 is 8.91 Å². The first-order chi connectivity index (χ1) is 13.6. The van der Waals surface area contributed by atoms with Gasteiger partial charge < -0.3 is 4.52 Å². The molecular formula is C21H28FN5O. The molecule has 0 aliphatic heterocycles. The zero-order chi connectivity index (χ0) is 19.9. The minimum atomic E-state index is -0.240. The quantitative estimate of drug-likeness (QED) is 0.554. The van der Waals surface area contributed by atoms with Crippen molar-refractivity contribution in [3.8, 4) is 11.3 Å². The highest BCUT2D eigenvalue weighted by Gasteiger charge is 2.18. The molecule has 3 aromatic rings. The van der Waals surface area contributed by atoms with Gasteiger partial charge in [-0.05, 0) is 70.1 Å². The fraction of sp³-hybridized carbons (Fsp3) is 0.476. The van der Waals surface area contributed by atoms with Gasteiger partial charge in [0.25, 0.3) is 0 Å². The van der Waals surface area contributed by atoms with Crippen LogP contribution >= 0.6 is 0 Å². The van der Waals surface area contributed by atoms with Crippen LogP contribution in [0.3, 0.4) is 0 Å². The Morgan fingerprint density at radius 1 is 1.18 bits per heavy atom. The monoisotopic (exact) mass is 385 g/mol. The van der Waals surface area contributed by atoms with Crippen LogP contribution in [0.15, 0.2) is 34.9 Å². The summed E-state index contributed by atoms with van der Waals surface area (Å²) in [5.74, 6) is 1.23. The number of rotatable bonds is 10. The maximum absolute atomic E-state index is 13.0. The maximum Gasteiger partial charge on any atom is 0.243 e. The summed E-state index contributed by atoms with van der Waals surface area (Å²) in [5, 5.41) is 11.5. The van der Waals surface area contributed by atoms with Crippen molar-refractivity contribution in [2.24, 2.45) is 0 Å². The number of halogens is 1. The number of H-pyrrole nitrogens is 1. The Morgan fingerprint density at radius 3 is 2.71 bits per heavy atom. The average Bonchev–Trinajstić information content (AvgIpc) is 3.36. The number of unbranched alkanes of at least 4 members (excludes halogenated alkanes) is 1. The van der Waals surface area contributed by atoms with Gasteiger partial charge >= 0.3 is 0 Å². The van der Waals surface area contributed by atoms with E-state index >= 15 is 0 Å². The van der Waals surface area contributed by atoms with Crippen LogP contribution in [-0.2, 0) is 12.8 Å². The van der Waals surface area contributed by atoms with E-state index in [0.717, 1.165) is 61.4 Å². The first-order valence-electron chi connectivity index (χ1n) is 9.89. The molecule has 1 aromatic carbocycles. The molecule has 0 radical (unpaired) electrons. The lowest BCUT2D eigenvalue weighted by Crippen LogP contribution is -2.24. The van der Waals surface area contributed by atoms with Crippen molar-refractivity contribution in [3.63, 3.8) is 0 Å². The van der Waals surface area contributed by atoms with Gasteiger partial charge in [0.2, 0.25) is 5.89 Å². The van der Waals surface area contributed by atoms with Gasteiger partial charge in [-0.3, -0.25) is 10.00 Å². The molecule has 0 amide bonds. The molecule has 0 aliphatic carbocycles. The third kappa shape index (κ3) is 5.25. The van der Waals surface area contributed by atoms with Gasteiger partial charge in [-0.1, -0.05) is 18.5 Å². The van der Waals surface area contributed by atoms with Crippen LogP contribution in [0.25, 0.3) is 11.3 Å². The van der Waals surface area contributed by atoms with Crippen LogP contribution in [-0.4, -0.2) is 38.8 Å². The van der Waals surface area contributed by atoms with Crippen molar-refractivity contribution in [2.45, 2.75) is 52.0 Å². The topological polar surface area (TPSA) is 70.8 Å². The van der Waals surface area contributed by atoms with Crippen LogP contribution in [0.4, 0.5) is 4.39 Å². The number of aryl methyl sites for hydroxylation is 2. The summed E-state index contributed by atoms with van der Waals surface area (Å²) in [6.45, 7) is 5.14. The van der Waals surface area contributed by atoms with E-state index in [1.54, 1.807) is 12.1 Å². The number of hydrogen-bond acceptors (Lipinski definition) is 5. The fourth-order valence-electron chi connectivity index (χ4n) is 3.03. The molecule has 3 rings (SSSR count). The van der Waals surface area contributed by atoms with Crippen LogP contribution in [0.1, 0.15) is 56.6 Å². The van der Waals surface area contributed by atoms with E-state index in [1.807, 2.05) is 6.07 Å². The predicted molar refractivity (Wildman–Crippen MR) is 106 cm³/mol. The highest BCUT2D eigenvalue weighted by molar-refractivity contribution is 5.58. The highest BCUT2D eigenvalue weighted by atomic mass is 19.1. The molecule has 0 aliphatic rings. The minimum absolute atomic E-state index is 0.0828. The zero-order valence-electron chi connectivity index (χ0n) is 16.8. The van der Waals surface area contributed by atoms with Crippen LogP contribution in [0.5, 0.6) is 0 Å². The van der Waals surface area contributed by atoms with Crippen LogP contribution in [0, 0.1) is 5.82 Å². The Kier molecular flexibility index (Phi) is 6.92. The predicted octanol–water partition coefficient (Wildman–Crippen LogP) is 4.57. The van der Waals surface area contributed by atoms with Gasteiger partial charge in [-0.15, -0.1) is 0 Å². The van der Waals surface area contributed by atoms with Gasteiger partial charge in [0.15, 0.2) is 5.82 Å². The summed E-state index contributed by atoms with van der Waals surface area (Å²) in [6, 6.07) is 8.48. The van der Waals surface area contributed by atoms with E-state index in [9.17, 15) is 4.39 Å². The molecule has 0 spiro atoms. The van der Waals surface area contributed by atoms with E-state index in [0.29, 0.717) is 5.89 Å². The summed E-state index contributed by atoms with van der Waals surface area (Å²) in [5.41, 5.74) is 2.81. The van der Waals surface area contributed by atoms with E-state index in [2.05, 4.69) is 46.1 Å². The average molecular weight is 385 g/mol. The van der Waals surface area contributed by atoms with Gasteiger partial charge in [-0.25, -0.2) is 4.39 Å². The van der Waals surface area contributed by atoms with Gasteiger partial charge in [0.05, 0.1) is 11.7 Å². The Morgan fingerprint density at radius 2 is 1.96 bits per heavy atom. The highest BCUT2D eigenvalue weighted by Crippen LogP contribution is 2.20. The number of aromatic nitrogens is 4. The van der Waals surface area contributed by atoms with Crippen molar-refractivity contribution in [3.05, 3.63) is 53.6 Å². The summed E-state index contributed by atoms with van der Waals surface area (Å²) in [4.78, 5) is 6.73. The molecule has 28 heavy (non-hydrogen) atoms. The first-order valence-corrected chi connectivity index (χ1v) is 9.89. The standard InChI is InChI=1S/C21H28FN5O/c1-4-5-8-20-23-21(28-26-20)15(2)27(3)13-6-7-18-14-19(25-24-18)16-9-11-17(22)12-10-16/h9-12,14-15H,4-8,13H2,1-3H3,(H,24,25). The molecule has 150 valence electrons. The molecule has 2 aromatic heterocycles. The molecule has 2 heterocycles. The lowest BCUT2D eigenvalue weighted by molar-refractivity contribution is 0.207. The molecule has 1 unspecified atom stereocenters. The van der Waals surface area contributed by atoms with Crippen LogP contribution in [0.2, 0.25) is 0 Å². The fourth-order valence-corrected chi connectivity index (χ4v) is 3.03. The van der Waals surface area contributed by atoms with Crippen LogP contribution < -0.4 is 0 Å². The molecule has 1 N–H and O–H groups in total. The second kappa shape index (κ2) is 9.59. The molecular weight excluding hydrogens is 357 g/mol. The Bertz CT molecular complexity index is 858. The van der Waals surface area contributed by atoms with Crippen molar-refractivity contribution in [2.75, 3.05) is 13.6 Å². The summed E-state index contributed by atoms with van der Waals surface area (Å²) in [6.07, 6.45) is 4.93. The van der Waals surface area contributed by atoms with Crippen molar-refractivity contribution >= 4 is 0 Å². The molecule has 7 heteroatoms. The number of nitrogens with zero attached hydrogens (tertiary/aromatic N) is 4. The first kappa shape index (κ1) is 20.2. The second-order valence-corrected chi connectivity index (χ2v) is 7.20. The van der Waals surface area contributed by atoms with E-state index in [1.165, 1.54) is 12.1 Å². The number of benzene rings is 1. The largest absolute Gasteiger partial charge is 0.338 e. The maximum atomic E-state index is 13.0. The SMILES string of the molecule is CCCCc1noc(C(C)N(C)CCCc2cc(-c3ccc(F)cc3)n[nH]2)n1. The van der Waals surface area contributed by atoms with Crippen molar-refractivity contribution in [1.29, 1.82) is 0 Å². The lowest BCUT2D eigenvalue weighted by Gasteiger charge is -2.21. The van der Waals surface area contributed by atoms with Gasteiger partial charge in [0.1, 0.15) is 5.82 Å². The molecule has 0 saturated carbocycles. The summed E-state index contributed by atoms with van der Waals surface area (Å²) >= 11 is 0. The Balaban J connectivity index is 1.48. The minimum Gasteiger partial charge on any atom is -0.338 e. The molecule has 6 nitrogen and oxygen atoms in total. The number of hydrogen-bond donors (Lipinski definition) is 1. The molecule has 1 atom stereocenters. The second-order valence-electron chi connectivity index (χ2n) is 7.20. The summed E-state index contributed by atoms with van der Waals surface area (Å²) < 4.78 is 18.5. The Hall–Kier alpha value is -2.54.